The van der Waals surface area contributed by atoms with Gasteiger partial charge in [-0.15, -0.1) is 0 Å². The first kappa shape index (κ1) is 13.6. The van der Waals surface area contributed by atoms with E-state index in [0.29, 0.717) is 0 Å². The van der Waals surface area contributed by atoms with E-state index >= 15 is 0 Å². The number of nitrogen functional groups attached to an aromatic ring is 1. The SMILES string of the molecule is Nc1ccc(S(=O)(=O)Nc2ccc(Cl)c(F)c2)cn1. The lowest BCUT2D eigenvalue weighted by Crippen LogP contribution is -2.13. The van der Waals surface area contributed by atoms with Crippen LogP contribution in [0.5, 0.6) is 0 Å². The van der Waals surface area contributed by atoms with E-state index in [0.717, 1.165) is 12.3 Å². The number of nitrogens with one attached hydrogen (secondary N) is 1. The Kier molecular flexibility index (Phi) is 3.59. The number of hydrogen-bond acceptors (Lipinski definition) is 4. The molecule has 0 atom stereocenters. The zero-order valence-corrected chi connectivity index (χ0v) is 11.0. The van der Waals surface area contributed by atoms with Gasteiger partial charge in [0.05, 0.1) is 10.7 Å². The maximum Gasteiger partial charge on any atom is 0.263 e. The van der Waals surface area contributed by atoms with Crippen molar-refractivity contribution < 1.29 is 12.8 Å². The molecule has 0 unspecified atom stereocenters. The summed E-state index contributed by atoms with van der Waals surface area (Å²) in [6.07, 6.45) is 1.12. The first-order valence-electron chi connectivity index (χ1n) is 5.08. The predicted octanol–water partition coefficient (Wildman–Crippen LogP) is 2.26. The molecular formula is C11H9ClFN3O2S. The predicted molar refractivity (Wildman–Crippen MR) is 70.9 cm³/mol. The zero-order chi connectivity index (χ0) is 14.0. The average Bonchev–Trinajstić information content (AvgIpc) is 2.34. The highest BCUT2D eigenvalue weighted by Crippen LogP contribution is 2.21. The van der Waals surface area contributed by atoms with Gasteiger partial charge in [0.2, 0.25) is 0 Å². The van der Waals surface area contributed by atoms with Crippen molar-refractivity contribution in [3.8, 4) is 0 Å². The van der Waals surface area contributed by atoms with E-state index in [2.05, 4.69) is 9.71 Å². The second-order valence-electron chi connectivity index (χ2n) is 3.65. The third-order valence-electron chi connectivity index (χ3n) is 2.24. The van der Waals surface area contributed by atoms with E-state index < -0.39 is 15.8 Å². The molecule has 100 valence electrons. The van der Waals surface area contributed by atoms with Gasteiger partial charge < -0.3 is 5.73 Å². The molecule has 0 spiro atoms. The summed E-state index contributed by atoms with van der Waals surface area (Å²) >= 11 is 5.51. The van der Waals surface area contributed by atoms with Crippen LogP contribution in [0, 0.1) is 5.82 Å². The fourth-order valence-corrected chi connectivity index (χ4v) is 2.44. The van der Waals surface area contributed by atoms with E-state index in [-0.39, 0.29) is 21.4 Å². The quantitative estimate of drug-likeness (QED) is 0.910. The largest absolute Gasteiger partial charge is 0.384 e. The van der Waals surface area contributed by atoms with E-state index in [4.69, 9.17) is 17.3 Å². The number of hydrogen-bond donors (Lipinski definition) is 2. The Bertz CT molecular complexity index is 704. The maximum atomic E-state index is 13.2. The molecule has 1 heterocycles. The summed E-state index contributed by atoms with van der Waals surface area (Å²) in [7, 11) is -3.84. The molecule has 0 saturated carbocycles. The number of anilines is 2. The lowest BCUT2D eigenvalue weighted by molar-refractivity contribution is 0.600. The van der Waals surface area contributed by atoms with Crippen molar-refractivity contribution >= 4 is 33.1 Å². The van der Waals surface area contributed by atoms with Crippen LogP contribution >= 0.6 is 11.6 Å². The van der Waals surface area contributed by atoms with Crippen LogP contribution in [0.25, 0.3) is 0 Å². The minimum Gasteiger partial charge on any atom is -0.384 e. The van der Waals surface area contributed by atoms with Crippen LogP contribution in [0.2, 0.25) is 5.02 Å². The van der Waals surface area contributed by atoms with Crippen LogP contribution in [0.1, 0.15) is 0 Å². The fourth-order valence-electron chi connectivity index (χ4n) is 1.32. The number of nitrogens with zero attached hydrogens (tertiary/aromatic N) is 1. The third kappa shape index (κ3) is 3.12. The molecule has 0 aliphatic carbocycles. The molecule has 0 amide bonds. The zero-order valence-electron chi connectivity index (χ0n) is 9.47. The van der Waals surface area contributed by atoms with Crippen molar-refractivity contribution in [2.75, 3.05) is 10.5 Å². The van der Waals surface area contributed by atoms with Crippen LogP contribution in [-0.2, 0) is 10.0 Å². The van der Waals surface area contributed by atoms with Gasteiger partial charge in [-0.05, 0) is 30.3 Å². The highest BCUT2D eigenvalue weighted by molar-refractivity contribution is 7.92. The Morgan fingerprint density at radius 1 is 1.26 bits per heavy atom. The normalized spacial score (nSPS) is 11.3. The van der Waals surface area contributed by atoms with Gasteiger partial charge >= 0.3 is 0 Å². The Morgan fingerprint density at radius 3 is 2.58 bits per heavy atom. The molecule has 19 heavy (non-hydrogen) atoms. The Hall–Kier alpha value is -1.86. The minimum absolute atomic E-state index is 0.0683. The van der Waals surface area contributed by atoms with Gasteiger partial charge in [-0.25, -0.2) is 17.8 Å². The lowest BCUT2D eigenvalue weighted by atomic mass is 10.3. The van der Waals surface area contributed by atoms with Crippen molar-refractivity contribution in [1.82, 2.24) is 4.98 Å². The van der Waals surface area contributed by atoms with Gasteiger partial charge in [0, 0.05) is 6.20 Å². The summed E-state index contributed by atoms with van der Waals surface area (Å²) in [5.41, 5.74) is 5.44. The Morgan fingerprint density at radius 2 is 2.00 bits per heavy atom. The van der Waals surface area contributed by atoms with Crippen molar-refractivity contribution in [3.05, 3.63) is 47.4 Å². The number of pyridine rings is 1. The molecule has 0 bridgehead atoms. The standard InChI is InChI=1S/C11H9ClFN3O2S/c12-9-3-1-7(5-10(9)13)16-19(17,18)8-2-4-11(14)15-6-8/h1-6,16H,(H2,14,15). The molecule has 2 rings (SSSR count). The molecule has 8 heteroatoms. The van der Waals surface area contributed by atoms with Gasteiger partial charge in [0.15, 0.2) is 0 Å². The van der Waals surface area contributed by atoms with E-state index in [1.54, 1.807) is 0 Å². The molecule has 1 aromatic heterocycles. The summed E-state index contributed by atoms with van der Waals surface area (Å²) in [4.78, 5) is 3.61. The van der Waals surface area contributed by atoms with Gasteiger partial charge in [-0.1, -0.05) is 11.6 Å². The highest BCUT2D eigenvalue weighted by Gasteiger charge is 2.15. The van der Waals surface area contributed by atoms with Crippen LogP contribution in [0.3, 0.4) is 0 Å². The van der Waals surface area contributed by atoms with E-state index in [1.807, 2.05) is 0 Å². The molecule has 1 aromatic carbocycles. The average molecular weight is 302 g/mol. The molecule has 3 N–H and O–H groups in total. The van der Waals surface area contributed by atoms with Crippen molar-refractivity contribution in [2.45, 2.75) is 4.90 Å². The van der Waals surface area contributed by atoms with Crippen molar-refractivity contribution in [3.63, 3.8) is 0 Å². The smallest absolute Gasteiger partial charge is 0.263 e. The number of rotatable bonds is 3. The molecular weight excluding hydrogens is 293 g/mol. The number of nitrogens with two attached hydrogens (primary N) is 1. The van der Waals surface area contributed by atoms with Gasteiger partial charge in [-0.3, -0.25) is 4.72 Å². The van der Waals surface area contributed by atoms with E-state index in [9.17, 15) is 12.8 Å². The van der Waals surface area contributed by atoms with Crippen LogP contribution in [0.15, 0.2) is 41.4 Å². The van der Waals surface area contributed by atoms with Gasteiger partial charge in [0.25, 0.3) is 10.0 Å². The number of sulfonamides is 1. The van der Waals surface area contributed by atoms with Crippen LogP contribution in [0.4, 0.5) is 15.9 Å². The Labute approximate surface area is 114 Å². The fraction of sp³-hybridized carbons (Fsp3) is 0. The summed E-state index contributed by atoms with van der Waals surface area (Å²) in [5, 5.41) is -0.0860. The second-order valence-corrected chi connectivity index (χ2v) is 5.74. The van der Waals surface area contributed by atoms with Crippen LogP contribution < -0.4 is 10.5 Å². The molecule has 0 fully saturated rings. The molecule has 0 aliphatic heterocycles. The summed E-state index contributed by atoms with van der Waals surface area (Å²) in [6, 6.07) is 6.27. The van der Waals surface area contributed by atoms with E-state index in [1.165, 1.54) is 24.3 Å². The molecule has 2 aromatic rings. The number of halogens is 2. The number of benzene rings is 1. The van der Waals surface area contributed by atoms with Gasteiger partial charge in [0.1, 0.15) is 16.5 Å². The Balaban J connectivity index is 2.30. The molecule has 0 aliphatic rings. The highest BCUT2D eigenvalue weighted by atomic mass is 35.5. The maximum absolute atomic E-state index is 13.2. The second kappa shape index (κ2) is 5.02. The molecule has 0 saturated heterocycles. The van der Waals surface area contributed by atoms with Crippen molar-refractivity contribution in [2.24, 2.45) is 0 Å². The molecule has 5 nitrogen and oxygen atoms in total. The summed E-state index contributed by atoms with van der Waals surface area (Å²) < 4.78 is 39.4. The number of aromatic nitrogens is 1. The lowest BCUT2D eigenvalue weighted by Gasteiger charge is -2.08. The first-order chi connectivity index (χ1) is 8.88. The minimum atomic E-state index is -3.84. The van der Waals surface area contributed by atoms with Crippen LogP contribution in [-0.4, -0.2) is 13.4 Å². The third-order valence-corrected chi connectivity index (χ3v) is 3.91. The van der Waals surface area contributed by atoms with Gasteiger partial charge in [-0.2, -0.15) is 0 Å². The summed E-state index contributed by atoms with van der Waals surface area (Å²) in [6.45, 7) is 0. The molecule has 0 radical (unpaired) electrons. The van der Waals surface area contributed by atoms with Crippen molar-refractivity contribution in [1.29, 1.82) is 0 Å². The summed E-state index contributed by atoms with van der Waals surface area (Å²) in [5.74, 6) is -0.506. The topological polar surface area (TPSA) is 85.1 Å². The first-order valence-corrected chi connectivity index (χ1v) is 6.94. The monoisotopic (exact) mass is 301 g/mol.